The van der Waals surface area contributed by atoms with Gasteiger partial charge in [-0.2, -0.15) is 0 Å². The van der Waals surface area contributed by atoms with E-state index >= 15 is 0 Å². The number of benzene rings is 2. The second-order valence-corrected chi connectivity index (χ2v) is 7.98. The van der Waals surface area contributed by atoms with Crippen LogP contribution in [-0.2, 0) is 22.6 Å². The van der Waals surface area contributed by atoms with Gasteiger partial charge in [0.05, 0.1) is 12.6 Å². The smallest absolute Gasteiger partial charge is 0.239 e. The van der Waals surface area contributed by atoms with E-state index in [0.717, 1.165) is 29.7 Å². The Bertz CT molecular complexity index is 863. The van der Waals surface area contributed by atoms with Gasteiger partial charge in [-0.05, 0) is 74.4 Å². The highest BCUT2D eigenvalue weighted by Crippen LogP contribution is 2.25. The van der Waals surface area contributed by atoms with Crippen molar-refractivity contribution in [2.45, 2.75) is 58.1 Å². The quantitative estimate of drug-likeness (QED) is 0.618. The zero-order valence-corrected chi connectivity index (χ0v) is 18.1. The molecule has 0 spiro atoms. The molecule has 2 aromatic rings. The summed E-state index contributed by atoms with van der Waals surface area (Å²) in [7, 11) is 0. The third-order valence-corrected chi connectivity index (χ3v) is 5.60. The number of carbonyl (C=O) groups excluding carboxylic acids is 2. The molecule has 31 heavy (non-hydrogen) atoms. The van der Waals surface area contributed by atoms with Gasteiger partial charge < -0.3 is 15.0 Å². The predicted molar refractivity (Wildman–Crippen MR) is 118 cm³/mol. The molecule has 6 heteroatoms. The van der Waals surface area contributed by atoms with Crippen LogP contribution in [0, 0.1) is 5.82 Å². The summed E-state index contributed by atoms with van der Waals surface area (Å²) in [6.07, 6.45) is 5.92. The standard InChI is InChI=1S/C25H31FN2O3/c1-2-28(18-24(29)27-17-20-10-13-21(26)14-11-20)25(30)15-12-19-6-5-9-23(16-19)31-22-7-3-4-8-22/h5-6,9-11,13-14,16,22H,2-4,7-8,12,15,17-18H2,1H3,(H,27,29). The number of carbonyl (C=O) groups is 2. The van der Waals surface area contributed by atoms with Gasteiger partial charge in [0.1, 0.15) is 11.6 Å². The molecule has 3 rings (SSSR count). The van der Waals surface area contributed by atoms with Gasteiger partial charge in [0, 0.05) is 19.5 Å². The molecule has 0 heterocycles. The molecular weight excluding hydrogens is 395 g/mol. The second-order valence-electron chi connectivity index (χ2n) is 7.98. The highest BCUT2D eigenvalue weighted by Gasteiger charge is 2.17. The summed E-state index contributed by atoms with van der Waals surface area (Å²) >= 11 is 0. The first kappa shape index (κ1) is 22.8. The van der Waals surface area contributed by atoms with Crippen LogP contribution in [0.4, 0.5) is 4.39 Å². The van der Waals surface area contributed by atoms with Gasteiger partial charge in [0.2, 0.25) is 11.8 Å². The Morgan fingerprint density at radius 3 is 2.55 bits per heavy atom. The van der Waals surface area contributed by atoms with Crippen molar-refractivity contribution < 1.29 is 18.7 Å². The van der Waals surface area contributed by atoms with Gasteiger partial charge in [-0.25, -0.2) is 4.39 Å². The van der Waals surface area contributed by atoms with Crippen LogP contribution in [0.25, 0.3) is 0 Å². The average Bonchev–Trinajstić information content (AvgIpc) is 3.28. The maximum absolute atomic E-state index is 13.0. The van der Waals surface area contributed by atoms with E-state index in [1.54, 1.807) is 17.0 Å². The Balaban J connectivity index is 1.44. The van der Waals surface area contributed by atoms with Crippen LogP contribution in [0.3, 0.4) is 0 Å². The third-order valence-electron chi connectivity index (χ3n) is 5.60. The first-order chi connectivity index (χ1) is 15.0. The summed E-state index contributed by atoms with van der Waals surface area (Å²) in [6.45, 7) is 2.65. The predicted octanol–water partition coefficient (Wildman–Crippen LogP) is 4.24. The first-order valence-electron chi connectivity index (χ1n) is 11.1. The number of nitrogens with one attached hydrogen (secondary N) is 1. The summed E-state index contributed by atoms with van der Waals surface area (Å²) < 4.78 is 19.0. The Labute approximate surface area is 183 Å². The molecule has 0 unspecified atom stereocenters. The lowest BCUT2D eigenvalue weighted by atomic mass is 10.1. The monoisotopic (exact) mass is 426 g/mol. The van der Waals surface area contributed by atoms with E-state index < -0.39 is 0 Å². The maximum atomic E-state index is 13.0. The molecular formula is C25H31FN2O3. The fourth-order valence-corrected chi connectivity index (χ4v) is 3.79. The maximum Gasteiger partial charge on any atom is 0.239 e. The highest BCUT2D eigenvalue weighted by atomic mass is 19.1. The zero-order chi connectivity index (χ0) is 22.1. The Hall–Kier alpha value is -2.89. The van der Waals surface area contributed by atoms with Crippen LogP contribution in [0.1, 0.15) is 50.2 Å². The number of ether oxygens (including phenoxy) is 1. The fraction of sp³-hybridized carbons (Fsp3) is 0.440. The molecule has 2 aromatic carbocycles. The van der Waals surface area contributed by atoms with Gasteiger partial charge in [-0.3, -0.25) is 9.59 Å². The van der Waals surface area contributed by atoms with Crippen molar-refractivity contribution in [3.8, 4) is 5.75 Å². The number of hydrogen-bond donors (Lipinski definition) is 1. The third kappa shape index (κ3) is 7.39. The van der Waals surface area contributed by atoms with Crippen LogP contribution >= 0.6 is 0 Å². The molecule has 1 N–H and O–H groups in total. The molecule has 0 aliphatic heterocycles. The number of nitrogens with zero attached hydrogens (tertiary/aromatic N) is 1. The summed E-state index contributed by atoms with van der Waals surface area (Å²) in [5.74, 6) is 0.269. The normalized spacial score (nSPS) is 13.7. The summed E-state index contributed by atoms with van der Waals surface area (Å²) in [4.78, 5) is 26.4. The Morgan fingerprint density at radius 2 is 1.84 bits per heavy atom. The van der Waals surface area contributed by atoms with Crippen molar-refractivity contribution in [2.24, 2.45) is 0 Å². The molecule has 1 aliphatic carbocycles. The van der Waals surface area contributed by atoms with Gasteiger partial charge in [0.25, 0.3) is 0 Å². The zero-order valence-electron chi connectivity index (χ0n) is 18.1. The highest BCUT2D eigenvalue weighted by molar-refractivity contribution is 5.84. The number of halogens is 1. The van der Waals surface area contributed by atoms with Gasteiger partial charge in [-0.1, -0.05) is 24.3 Å². The lowest BCUT2D eigenvalue weighted by Gasteiger charge is -2.20. The first-order valence-corrected chi connectivity index (χ1v) is 11.1. The number of likely N-dealkylation sites (N-methyl/N-ethyl adjacent to an activating group) is 1. The van der Waals surface area contributed by atoms with E-state index in [4.69, 9.17) is 4.74 Å². The van der Waals surface area contributed by atoms with Crippen molar-refractivity contribution in [3.63, 3.8) is 0 Å². The lowest BCUT2D eigenvalue weighted by molar-refractivity contribution is -0.135. The second kappa shape index (κ2) is 11.5. The van der Waals surface area contributed by atoms with Crippen molar-refractivity contribution in [1.82, 2.24) is 10.2 Å². The lowest BCUT2D eigenvalue weighted by Crippen LogP contribution is -2.40. The molecule has 0 saturated heterocycles. The summed E-state index contributed by atoms with van der Waals surface area (Å²) in [6, 6.07) is 13.9. The topological polar surface area (TPSA) is 58.6 Å². The number of hydrogen-bond acceptors (Lipinski definition) is 3. The molecule has 5 nitrogen and oxygen atoms in total. The Kier molecular flexibility index (Phi) is 8.44. The molecule has 0 radical (unpaired) electrons. The van der Waals surface area contributed by atoms with E-state index in [1.165, 1.54) is 25.0 Å². The summed E-state index contributed by atoms with van der Waals surface area (Å²) in [5.41, 5.74) is 1.87. The largest absolute Gasteiger partial charge is 0.490 e. The van der Waals surface area contributed by atoms with Crippen molar-refractivity contribution in [2.75, 3.05) is 13.1 Å². The van der Waals surface area contributed by atoms with E-state index in [-0.39, 0.29) is 24.2 Å². The van der Waals surface area contributed by atoms with Crippen LogP contribution < -0.4 is 10.1 Å². The van der Waals surface area contributed by atoms with Gasteiger partial charge in [-0.15, -0.1) is 0 Å². The number of aryl methyl sites for hydroxylation is 1. The number of rotatable bonds is 10. The van der Waals surface area contributed by atoms with E-state index in [9.17, 15) is 14.0 Å². The van der Waals surface area contributed by atoms with Crippen LogP contribution in [0.5, 0.6) is 5.75 Å². The molecule has 2 amide bonds. The minimum Gasteiger partial charge on any atom is -0.490 e. The molecule has 166 valence electrons. The van der Waals surface area contributed by atoms with Gasteiger partial charge in [0.15, 0.2) is 0 Å². The van der Waals surface area contributed by atoms with Crippen LogP contribution in [0.15, 0.2) is 48.5 Å². The molecule has 0 atom stereocenters. The van der Waals surface area contributed by atoms with E-state index in [2.05, 4.69) is 5.32 Å². The van der Waals surface area contributed by atoms with Crippen molar-refractivity contribution in [3.05, 3.63) is 65.5 Å². The minimum absolute atomic E-state index is 0.0152. The van der Waals surface area contributed by atoms with Crippen LogP contribution in [-0.4, -0.2) is 35.9 Å². The van der Waals surface area contributed by atoms with E-state index in [1.807, 2.05) is 31.2 Å². The molecule has 1 saturated carbocycles. The molecule has 1 fully saturated rings. The Morgan fingerprint density at radius 1 is 1.10 bits per heavy atom. The fourth-order valence-electron chi connectivity index (χ4n) is 3.79. The minimum atomic E-state index is -0.312. The molecule has 1 aliphatic rings. The SMILES string of the molecule is CCN(CC(=O)NCc1ccc(F)cc1)C(=O)CCc1cccc(OC2CCCC2)c1. The summed E-state index contributed by atoms with van der Waals surface area (Å²) in [5, 5.41) is 2.78. The average molecular weight is 427 g/mol. The number of amides is 2. The van der Waals surface area contributed by atoms with Gasteiger partial charge >= 0.3 is 0 Å². The molecule has 0 bridgehead atoms. The van der Waals surface area contributed by atoms with Crippen molar-refractivity contribution >= 4 is 11.8 Å². The van der Waals surface area contributed by atoms with E-state index in [0.29, 0.717) is 32.0 Å². The van der Waals surface area contributed by atoms with Crippen LogP contribution in [0.2, 0.25) is 0 Å². The molecule has 0 aromatic heterocycles. The van der Waals surface area contributed by atoms with Crippen molar-refractivity contribution in [1.29, 1.82) is 0 Å².